The second-order valence-electron chi connectivity index (χ2n) is 2.37. The van der Waals surface area contributed by atoms with E-state index in [1.807, 2.05) is 6.08 Å². The summed E-state index contributed by atoms with van der Waals surface area (Å²) < 4.78 is 0. The van der Waals surface area contributed by atoms with E-state index in [4.69, 9.17) is 11.6 Å². The SMILES string of the molecule is CC1(O)C=CC=CC1Cl. The van der Waals surface area contributed by atoms with Gasteiger partial charge in [-0.1, -0.05) is 24.3 Å². The van der Waals surface area contributed by atoms with Crippen molar-refractivity contribution in [1.29, 1.82) is 0 Å². The quantitative estimate of drug-likeness (QED) is 0.511. The molecule has 2 atom stereocenters. The molecule has 50 valence electrons. The maximum atomic E-state index is 9.37. The molecule has 0 aliphatic heterocycles. The first-order valence-corrected chi connectivity index (χ1v) is 3.29. The Morgan fingerprint density at radius 2 is 2.22 bits per heavy atom. The fourth-order valence-electron chi connectivity index (χ4n) is 0.699. The van der Waals surface area contributed by atoms with Crippen molar-refractivity contribution in [3.05, 3.63) is 24.3 Å². The molecule has 1 nitrogen and oxygen atoms in total. The van der Waals surface area contributed by atoms with Crippen molar-refractivity contribution >= 4 is 11.6 Å². The number of rotatable bonds is 0. The summed E-state index contributed by atoms with van der Waals surface area (Å²) in [6.45, 7) is 1.69. The van der Waals surface area contributed by atoms with E-state index in [-0.39, 0.29) is 5.38 Å². The Balaban J connectivity index is 2.78. The van der Waals surface area contributed by atoms with Gasteiger partial charge in [-0.2, -0.15) is 0 Å². The third kappa shape index (κ3) is 1.35. The Morgan fingerprint density at radius 1 is 1.56 bits per heavy atom. The zero-order valence-corrected chi connectivity index (χ0v) is 5.97. The first kappa shape index (κ1) is 6.84. The van der Waals surface area contributed by atoms with E-state index in [0.29, 0.717) is 0 Å². The molecule has 0 aromatic rings. The Bertz CT molecular complexity index is 158. The molecular formula is C7H9ClO. The van der Waals surface area contributed by atoms with Gasteiger partial charge in [0.25, 0.3) is 0 Å². The predicted octanol–water partition coefficient (Wildman–Crippen LogP) is 1.47. The van der Waals surface area contributed by atoms with E-state index in [2.05, 4.69) is 0 Å². The van der Waals surface area contributed by atoms with Crippen LogP contribution < -0.4 is 0 Å². The van der Waals surface area contributed by atoms with Gasteiger partial charge < -0.3 is 5.11 Å². The monoisotopic (exact) mass is 144 g/mol. The van der Waals surface area contributed by atoms with Crippen molar-refractivity contribution in [3.8, 4) is 0 Å². The molecule has 0 radical (unpaired) electrons. The van der Waals surface area contributed by atoms with Gasteiger partial charge in [-0.3, -0.25) is 0 Å². The first-order valence-electron chi connectivity index (χ1n) is 2.85. The molecule has 0 spiro atoms. The van der Waals surface area contributed by atoms with Gasteiger partial charge >= 0.3 is 0 Å². The minimum Gasteiger partial charge on any atom is -0.384 e. The van der Waals surface area contributed by atoms with Gasteiger partial charge in [-0.05, 0) is 6.92 Å². The van der Waals surface area contributed by atoms with E-state index in [1.165, 1.54) is 0 Å². The van der Waals surface area contributed by atoms with Crippen molar-refractivity contribution in [2.45, 2.75) is 17.9 Å². The van der Waals surface area contributed by atoms with Crippen molar-refractivity contribution < 1.29 is 5.11 Å². The molecule has 2 unspecified atom stereocenters. The van der Waals surface area contributed by atoms with Crippen LogP contribution in [0.1, 0.15) is 6.92 Å². The lowest BCUT2D eigenvalue weighted by Gasteiger charge is -2.24. The van der Waals surface area contributed by atoms with Crippen LogP contribution in [0.15, 0.2) is 24.3 Å². The smallest absolute Gasteiger partial charge is 0.100 e. The average molecular weight is 145 g/mol. The summed E-state index contributed by atoms with van der Waals surface area (Å²) in [4.78, 5) is 0. The first-order chi connectivity index (χ1) is 4.13. The third-order valence-electron chi connectivity index (χ3n) is 1.38. The van der Waals surface area contributed by atoms with E-state index in [0.717, 1.165) is 0 Å². The fourth-order valence-corrected chi connectivity index (χ4v) is 0.856. The molecule has 1 N–H and O–H groups in total. The van der Waals surface area contributed by atoms with Gasteiger partial charge in [0.05, 0.1) is 5.38 Å². The molecule has 0 amide bonds. The molecule has 2 heteroatoms. The van der Waals surface area contributed by atoms with Gasteiger partial charge in [0, 0.05) is 0 Å². The Kier molecular flexibility index (Phi) is 1.64. The average Bonchev–Trinajstić information content (AvgIpc) is 1.77. The summed E-state index contributed by atoms with van der Waals surface area (Å²) >= 11 is 5.72. The number of hydrogen-bond acceptors (Lipinski definition) is 1. The van der Waals surface area contributed by atoms with E-state index in [1.54, 1.807) is 25.2 Å². The van der Waals surface area contributed by atoms with Crippen LogP contribution in [0.25, 0.3) is 0 Å². The summed E-state index contributed by atoms with van der Waals surface area (Å²) in [7, 11) is 0. The largest absolute Gasteiger partial charge is 0.384 e. The predicted molar refractivity (Wildman–Crippen MR) is 38.5 cm³/mol. The van der Waals surface area contributed by atoms with Crippen molar-refractivity contribution in [2.24, 2.45) is 0 Å². The summed E-state index contributed by atoms with van der Waals surface area (Å²) in [5.41, 5.74) is -0.865. The second-order valence-corrected chi connectivity index (χ2v) is 2.84. The summed E-state index contributed by atoms with van der Waals surface area (Å²) in [6.07, 6.45) is 7.07. The molecule has 0 aromatic carbocycles. The van der Waals surface area contributed by atoms with Gasteiger partial charge in [-0.15, -0.1) is 11.6 Å². The molecule has 1 aliphatic carbocycles. The van der Waals surface area contributed by atoms with Crippen LogP contribution in [0.3, 0.4) is 0 Å². The standard InChI is InChI=1S/C7H9ClO/c1-7(9)5-3-2-4-6(7)8/h2-6,9H,1H3. The van der Waals surface area contributed by atoms with Crippen LogP contribution in [0.4, 0.5) is 0 Å². The minimum absolute atomic E-state index is 0.289. The highest BCUT2D eigenvalue weighted by atomic mass is 35.5. The molecule has 0 saturated heterocycles. The van der Waals surface area contributed by atoms with Gasteiger partial charge in [0.15, 0.2) is 0 Å². The topological polar surface area (TPSA) is 20.2 Å². The third-order valence-corrected chi connectivity index (χ3v) is 1.97. The zero-order chi connectivity index (χ0) is 6.91. The van der Waals surface area contributed by atoms with Crippen molar-refractivity contribution in [3.63, 3.8) is 0 Å². The highest BCUT2D eigenvalue weighted by Crippen LogP contribution is 2.21. The number of aliphatic hydroxyl groups is 1. The molecule has 0 bridgehead atoms. The minimum atomic E-state index is -0.865. The maximum Gasteiger partial charge on any atom is 0.100 e. The maximum absolute atomic E-state index is 9.37. The highest BCUT2D eigenvalue weighted by Gasteiger charge is 2.26. The molecule has 0 heterocycles. The Morgan fingerprint density at radius 3 is 2.56 bits per heavy atom. The van der Waals surface area contributed by atoms with Crippen LogP contribution in [0, 0.1) is 0 Å². The van der Waals surface area contributed by atoms with Gasteiger partial charge in [0.1, 0.15) is 5.60 Å². The molecule has 9 heavy (non-hydrogen) atoms. The lowest BCUT2D eigenvalue weighted by molar-refractivity contribution is 0.117. The number of halogens is 1. The Hall–Kier alpha value is -0.270. The van der Waals surface area contributed by atoms with Crippen LogP contribution >= 0.6 is 11.6 Å². The van der Waals surface area contributed by atoms with Gasteiger partial charge in [0.2, 0.25) is 0 Å². The molecule has 0 aromatic heterocycles. The fraction of sp³-hybridized carbons (Fsp3) is 0.429. The zero-order valence-electron chi connectivity index (χ0n) is 5.21. The second kappa shape index (κ2) is 2.16. The van der Waals surface area contributed by atoms with E-state index >= 15 is 0 Å². The van der Waals surface area contributed by atoms with Gasteiger partial charge in [-0.25, -0.2) is 0 Å². The normalized spacial score (nSPS) is 41.4. The van der Waals surface area contributed by atoms with Crippen LogP contribution in [-0.2, 0) is 0 Å². The highest BCUT2D eigenvalue weighted by molar-refractivity contribution is 6.22. The van der Waals surface area contributed by atoms with Crippen LogP contribution in [-0.4, -0.2) is 16.1 Å². The summed E-state index contributed by atoms with van der Waals surface area (Å²) in [5.74, 6) is 0. The van der Waals surface area contributed by atoms with E-state index < -0.39 is 5.60 Å². The number of allylic oxidation sites excluding steroid dienone is 2. The summed E-state index contributed by atoms with van der Waals surface area (Å²) in [6, 6.07) is 0. The lowest BCUT2D eigenvalue weighted by Crippen LogP contribution is -2.32. The molecule has 1 aliphatic rings. The molecular weight excluding hydrogens is 136 g/mol. The number of hydrogen-bond donors (Lipinski definition) is 1. The van der Waals surface area contributed by atoms with Crippen molar-refractivity contribution in [2.75, 3.05) is 0 Å². The molecule has 1 rings (SSSR count). The van der Waals surface area contributed by atoms with E-state index in [9.17, 15) is 5.11 Å². The van der Waals surface area contributed by atoms with Crippen LogP contribution in [0.5, 0.6) is 0 Å². The van der Waals surface area contributed by atoms with Crippen molar-refractivity contribution in [1.82, 2.24) is 0 Å². The Labute approximate surface area is 59.6 Å². The van der Waals surface area contributed by atoms with Crippen LogP contribution in [0.2, 0.25) is 0 Å². The lowest BCUT2D eigenvalue weighted by atomic mass is 9.98. The molecule has 0 fully saturated rings. The number of alkyl halides is 1. The molecule has 0 saturated carbocycles. The summed E-state index contributed by atoms with van der Waals surface area (Å²) in [5, 5.41) is 9.08.